The van der Waals surface area contributed by atoms with E-state index in [0.717, 1.165) is 18.7 Å². The summed E-state index contributed by atoms with van der Waals surface area (Å²) in [6, 6.07) is 9.84. The predicted octanol–water partition coefficient (Wildman–Crippen LogP) is 2.13. The minimum atomic E-state index is -0.487. The van der Waals surface area contributed by atoms with Crippen molar-refractivity contribution in [3.63, 3.8) is 0 Å². The molecule has 0 amide bonds. The topological polar surface area (TPSA) is 68.7 Å². The zero-order valence-corrected chi connectivity index (χ0v) is 12.9. The third kappa shape index (κ3) is 3.43. The molecule has 2 atom stereocenters. The van der Waals surface area contributed by atoms with Crippen LogP contribution in [0.5, 0.6) is 0 Å². The van der Waals surface area contributed by atoms with Crippen molar-refractivity contribution in [1.82, 2.24) is 4.90 Å². The molecule has 3 rings (SSSR count). The SMILES string of the molecule is COC(=O)c1ccc(CN2C[C@H](c3ccc(F)cc3)[C@@H](N)C2)o1. The molecule has 1 aliphatic heterocycles. The van der Waals surface area contributed by atoms with Gasteiger partial charge < -0.3 is 14.9 Å². The Balaban J connectivity index is 1.65. The average Bonchev–Trinajstić information content (AvgIpc) is 3.14. The highest BCUT2D eigenvalue weighted by atomic mass is 19.1. The van der Waals surface area contributed by atoms with Crippen LogP contribution in [0.3, 0.4) is 0 Å². The summed E-state index contributed by atoms with van der Waals surface area (Å²) in [5.74, 6) is 0.311. The van der Waals surface area contributed by atoms with Gasteiger partial charge in [-0.3, -0.25) is 4.90 Å². The van der Waals surface area contributed by atoms with Crippen molar-refractivity contribution in [3.05, 3.63) is 59.3 Å². The fourth-order valence-electron chi connectivity index (χ4n) is 3.00. The lowest BCUT2D eigenvalue weighted by molar-refractivity contribution is 0.0561. The van der Waals surface area contributed by atoms with Crippen molar-refractivity contribution in [2.75, 3.05) is 20.2 Å². The second kappa shape index (κ2) is 6.52. The Hall–Kier alpha value is -2.18. The van der Waals surface area contributed by atoms with Gasteiger partial charge in [-0.25, -0.2) is 9.18 Å². The summed E-state index contributed by atoms with van der Waals surface area (Å²) in [6.45, 7) is 2.06. The third-order valence-electron chi connectivity index (χ3n) is 4.17. The van der Waals surface area contributed by atoms with Crippen LogP contribution in [-0.4, -0.2) is 37.1 Å². The van der Waals surface area contributed by atoms with E-state index in [9.17, 15) is 9.18 Å². The molecule has 5 nitrogen and oxygen atoms in total. The molecule has 0 unspecified atom stereocenters. The van der Waals surface area contributed by atoms with Crippen molar-refractivity contribution >= 4 is 5.97 Å². The van der Waals surface area contributed by atoms with E-state index in [1.165, 1.54) is 19.2 Å². The van der Waals surface area contributed by atoms with E-state index in [0.29, 0.717) is 12.3 Å². The van der Waals surface area contributed by atoms with E-state index < -0.39 is 5.97 Å². The number of carbonyl (C=O) groups is 1. The molecule has 6 heteroatoms. The summed E-state index contributed by atoms with van der Waals surface area (Å²) in [4.78, 5) is 13.6. The van der Waals surface area contributed by atoms with Crippen molar-refractivity contribution in [1.29, 1.82) is 0 Å². The Morgan fingerprint density at radius 1 is 1.30 bits per heavy atom. The molecule has 1 aromatic carbocycles. The van der Waals surface area contributed by atoms with Crippen molar-refractivity contribution in [2.45, 2.75) is 18.5 Å². The van der Waals surface area contributed by atoms with Crippen LogP contribution in [0.25, 0.3) is 0 Å². The molecule has 23 heavy (non-hydrogen) atoms. The van der Waals surface area contributed by atoms with Gasteiger partial charge >= 0.3 is 5.97 Å². The quantitative estimate of drug-likeness (QED) is 0.875. The van der Waals surface area contributed by atoms with E-state index >= 15 is 0 Å². The molecule has 2 N–H and O–H groups in total. The first-order chi connectivity index (χ1) is 11.1. The van der Waals surface area contributed by atoms with Gasteiger partial charge in [-0.15, -0.1) is 0 Å². The molecule has 122 valence electrons. The number of esters is 1. The Morgan fingerprint density at radius 3 is 2.74 bits per heavy atom. The molecule has 1 saturated heterocycles. The summed E-state index contributed by atoms with van der Waals surface area (Å²) < 4.78 is 23.1. The van der Waals surface area contributed by atoms with E-state index in [4.69, 9.17) is 10.2 Å². The molecule has 2 aromatic rings. The number of rotatable bonds is 4. The maximum atomic E-state index is 13.0. The molecule has 1 aromatic heterocycles. The van der Waals surface area contributed by atoms with Gasteiger partial charge in [-0.2, -0.15) is 0 Å². The predicted molar refractivity (Wildman–Crippen MR) is 82.4 cm³/mol. The highest BCUT2D eigenvalue weighted by Gasteiger charge is 2.31. The Labute approximate surface area is 133 Å². The van der Waals surface area contributed by atoms with Crippen LogP contribution in [0.4, 0.5) is 4.39 Å². The third-order valence-corrected chi connectivity index (χ3v) is 4.17. The number of halogens is 1. The standard InChI is InChI=1S/C17H19FN2O3/c1-22-17(21)16-7-6-13(23-16)8-20-9-14(15(19)10-20)11-2-4-12(18)5-3-11/h2-7,14-15H,8-10,19H2,1H3/t14-,15+/m1/s1. The lowest BCUT2D eigenvalue weighted by atomic mass is 9.95. The number of likely N-dealkylation sites (tertiary alicyclic amines) is 1. The number of methoxy groups -OCH3 is 1. The number of benzene rings is 1. The minimum Gasteiger partial charge on any atom is -0.463 e. The van der Waals surface area contributed by atoms with Crippen LogP contribution >= 0.6 is 0 Å². The first-order valence-corrected chi connectivity index (χ1v) is 7.47. The lowest BCUT2D eigenvalue weighted by Gasteiger charge is -2.15. The Kier molecular flexibility index (Phi) is 4.45. The Bertz CT molecular complexity index is 683. The summed E-state index contributed by atoms with van der Waals surface area (Å²) in [7, 11) is 1.32. The molecule has 1 fully saturated rings. The number of hydrogen-bond donors (Lipinski definition) is 1. The fourth-order valence-corrected chi connectivity index (χ4v) is 3.00. The number of ether oxygens (including phenoxy) is 1. The number of hydrogen-bond acceptors (Lipinski definition) is 5. The zero-order valence-electron chi connectivity index (χ0n) is 12.9. The number of nitrogens with zero attached hydrogens (tertiary/aromatic N) is 1. The van der Waals surface area contributed by atoms with E-state index in [2.05, 4.69) is 9.64 Å². The number of furan rings is 1. The van der Waals surface area contributed by atoms with Gasteiger partial charge in [0, 0.05) is 25.0 Å². The first kappa shape index (κ1) is 15.7. The average molecular weight is 318 g/mol. The van der Waals surface area contributed by atoms with Crippen molar-refractivity contribution in [2.24, 2.45) is 5.73 Å². The largest absolute Gasteiger partial charge is 0.463 e. The van der Waals surface area contributed by atoms with Gasteiger partial charge in [0.05, 0.1) is 13.7 Å². The molecular formula is C17H19FN2O3. The maximum Gasteiger partial charge on any atom is 0.373 e. The maximum absolute atomic E-state index is 13.0. The first-order valence-electron chi connectivity index (χ1n) is 7.47. The van der Waals surface area contributed by atoms with Gasteiger partial charge in [-0.1, -0.05) is 12.1 Å². The second-order valence-electron chi connectivity index (χ2n) is 5.77. The highest BCUT2D eigenvalue weighted by Crippen LogP contribution is 2.28. The van der Waals surface area contributed by atoms with Crippen molar-refractivity contribution in [3.8, 4) is 0 Å². The lowest BCUT2D eigenvalue weighted by Crippen LogP contribution is -2.28. The second-order valence-corrected chi connectivity index (χ2v) is 5.77. The van der Waals surface area contributed by atoms with Gasteiger partial charge in [0.25, 0.3) is 0 Å². The molecule has 0 radical (unpaired) electrons. The molecule has 2 heterocycles. The van der Waals surface area contributed by atoms with E-state index in [-0.39, 0.29) is 23.5 Å². The van der Waals surface area contributed by atoms with Crippen LogP contribution < -0.4 is 5.73 Å². The zero-order chi connectivity index (χ0) is 16.4. The van der Waals surface area contributed by atoms with Crippen LogP contribution in [-0.2, 0) is 11.3 Å². The minimum absolute atomic E-state index is 0.0181. The monoisotopic (exact) mass is 318 g/mol. The van der Waals surface area contributed by atoms with Gasteiger partial charge in [0.15, 0.2) is 0 Å². The molecule has 0 saturated carbocycles. The van der Waals surface area contributed by atoms with Crippen LogP contribution in [0.1, 0.15) is 27.8 Å². The molecule has 1 aliphatic rings. The van der Waals surface area contributed by atoms with Gasteiger partial charge in [-0.05, 0) is 29.8 Å². The van der Waals surface area contributed by atoms with Gasteiger partial charge in [0.1, 0.15) is 11.6 Å². The fraction of sp³-hybridized carbons (Fsp3) is 0.353. The highest BCUT2D eigenvalue weighted by molar-refractivity contribution is 5.86. The summed E-state index contributed by atoms with van der Waals surface area (Å²) in [6.07, 6.45) is 0. The molecule has 0 spiro atoms. The number of nitrogens with two attached hydrogens (primary N) is 1. The summed E-state index contributed by atoms with van der Waals surface area (Å²) in [5.41, 5.74) is 7.27. The van der Waals surface area contributed by atoms with Crippen molar-refractivity contribution < 1.29 is 18.3 Å². The summed E-state index contributed by atoms with van der Waals surface area (Å²) >= 11 is 0. The van der Waals surface area contributed by atoms with Gasteiger partial charge in [0.2, 0.25) is 5.76 Å². The van der Waals surface area contributed by atoms with Crippen LogP contribution in [0, 0.1) is 5.82 Å². The van der Waals surface area contributed by atoms with Crippen LogP contribution in [0.2, 0.25) is 0 Å². The summed E-state index contributed by atoms with van der Waals surface area (Å²) in [5, 5.41) is 0. The molecule has 0 aliphatic carbocycles. The molecule has 0 bridgehead atoms. The smallest absolute Gasteiger partial charge is 0.373 e. The normalized spacial score (nSPS) is 21.5. The Morgan fingerprint density at radius 2 is 2.04 bits per heavy atom. The van der Waals surface area contributed by atoms with Crippen LogP contribution in [0.15, 0.2) is 40.8 Å². The number of carbonyl (C=O) groups excluding carboxylic acids is 1. The molecular weight excluding hydrogens is 299 g/mol. The van der Waals surface area contributed by atoms with E-state index in [1.54, 1.807) is 24.3 Å². The van der Waals surface area contributed by atoms with E-state index in [1.807, 2.05) is 0 Å².